The van der Waals surface area contributed by atoms with Crippen LogP contribution in [0, 0.1) is 6.92 Å². The van der Waals surface area contributed by atoms with Crippen LogP contribution in [0.4, 0.5) is 0 Å². The van der Waals surface area contributed by atoms with Crippen LogP contribution in [0.25, 0.3) is 0 Å². The third-order valence-corrected chi connectivity index (χ3v) is 2.99. The van der Waals surface area contributed by atoms with Crippen molar-refractivity contribution >= 4 is 0 Å². The van der Waals surface area contributed by atoms with Crippen molar-refractivity contribution in [3.63, 3.8) is 0 Å². The van der Waals surface area contributed by atoms with Crippen LogP contribution < -0.4 is 10.2 Å². The lowest BCUT2D eigenvalue weighted by molar-refractivity contribution is 0.00396. The van der Waals surface area contributed by atoms with Gasteiger partial charge in [0.1, 0.15) is 0 Å². The highest BCUT2D eigenvalue weighted by molar-refractivity contribution is 5.19. The Hall–Kier alpha value is -1.29. The van der Waals surface area contributed by atoms with E-state index in [1.165, 1.54) is 6.42 Å². The smallest absolute Gasteiger partial charge is 0.223 e. The van der Waals surface area contributed by atoms with Gasteiger partial charge in [-0.25, -0.2) is 0 Å². The summed E-state index contributed by atoms with van der Waals surface area (Å²) in [7, 11) is 0. The van der Waals surface area contributed by atoms with Gasteiger partial charge in [0.05, 0.1) is 12.7 Å². The highest BCUT2D eigenvalue weighted by Crippen LogP contribution is 2.15. The predicted octanol–water partition coefficient (Wildman–Crippen LogP) is 2.02. The van der Waals surface area contributed by atoms with E-state index in [9.17, 15) is 4.79 Å². The summed E-state index contributed by atoms with van der Waals surface area (Å²) < 4.78 is 11.1. The maximum absolute atomic E-state index is 11.5. The van der Waals surface area contributed by atoms with Gasteiger partial charge in [0.15, 0.2) is 5.75 Å². The average molecular weight is 237 g/mol. The molecule has 0 spiro atoms. The molecule has 0 radical (unpaired) electrons. The number of aromatic nitrogens is 1. The number of hydrogen-bond acceptors (Lipinski definition) is 3. The molecule has 1 N–H and O–H groups in total. The van der Waals surface area contributed by atoms with Crippen LogP contribution in [-0.2, 0) is 4.74 Å². The normalized spacial score (nSPS) is 20.2. The molecule has 4 heteroatoms. The maximum atomic E-state index is 11.5. The van der Waals surface area contributed by atoms with Crippen molar-refractivity contribution < 1.29 is 9.47 Å². The van der Waals surface area contributed by atoms with E-state index in [1.807, 2.05) is 6.92 Å². The minimum atomic E-state index is -0.0641. The largest absolute Gasteiger partial charge is 0.488 e. The highest BCUT2D eigenvalue weighted by atomic mass is 16.5. The first-order valence-corrected chi connectivity index (χ1v) is 6.19. The third kappa shape index (κ3) is 3.60. The SMILES string of the molecule is Cc1cc(=O)c(OCCC2CCCCO2)c[nH]1. The quantitative estimate of drug-likeness (QED) is 0.871. The van der Waals surface area contributed by atoms with E-state index >= 15 is 0 Å². The lowest BCUT2D eigenvalue weighted by atomic mass is 10.1. The van der Waals surface area contributed by atoms with E-state index in [4.69, 9.17) is 9.47 Å². The lowest BCUT2D eigenvalue weighted by Crippen LogP contribution is -2.22. The highest BCUT2D eigenvalue weighted by Gasteiger charge is 2.13. The van der Waals surface area contributed by atoms with Crippen molar-refractivity contribution in [1.82, 2.24) is 4.98 Å². The molecule has 2 heterocycles. The molecule has 0 bridgehead atoms. The number of H-pyrrole nitrogens is 1. The first kappa shape index (κ1) is 12.2. The van der Waals surface area contributed by atoms with Crippen LogP contribution in [0.15, 0.2) is 17.1 Å². The van der Waals surface area contributed by atoms with Crippen molar-refractivity contribution in [1.29, 1.82) is 0 Å². The van der Waals surface area contributed by atoms with Gasteiger partial charge in [-0.3, -0.25) is 4.79 Å². The fourth-order valence-electron chi connectivity index (χ4n) is 2.01. The second-order valence-corrected chi connectivity index (χ2v) is 4.47. The van der Waals surface area contributed by atoms with Crippen LogP contribution >= 0.6 is 0 Å². The monoisotopic (exact) mass is 237 g/mol. The molecule has 1 aliphatic heterocycles. The fraction of sp³-hybridized carbons (Fsp3) is 0.615. The first-order chi connectivity index (χ1) is 8.25. The summed E-state index contributed by atoms with van der Waals surface area (Å²) in [4.78, 5) is 14.5. The van der Waals surface area contributed by atoms with Gasteiger partial charge in [-0.05, 0) is 26.2 Å². The molecule has 1 saturated heterocycles. The van der Waals surface area contributed by atoms with Crippen molar-refractivity contribution in [2.75, 3.05) is 13.2 Å². The Morgan fingerprint density at radius 1 is 1.53 bits per heavy atom. The number of pyridine rings is 1. The van der Waals surface area contributed by atoms with E-state index < -0.39 is 0 Å². The first-order valence-electron chi connectivity index (χ1n) is 6.19. The van der Waals surface area contributed by atoms with Crippen molar-refractivity contribution in [3.05, 3.63) is 28.2 Å². The van der Waals surface area contributed by atoms with Crippen LogP contribution in [0.2, 0.25) is 0 Å². The summed E-state index contributed by atoms with van der Waals surface area (Å²) in [6.45, 7) is 3.24. The Morgan fingerprint density at radius 3 is 3.12 bits per heavy atom. The number of aromatic amines is 1. The van der Waals surface area contributed by atoms with Gasteiger partial charge < -0.3 is 14.5 Å². The van der Waals surface area contributed by atoms with Crippen LogP contribution in [0.3, 0.4) is 0 Å². The zero-order valence-corrected chi connectivity index (χ0v) is 10.2. The Bertz CT molecular complexity index is 407. The molecule has 1 fully saturated rings. The van der Waals surface area contributed by atoms with Crippen molar-refractivity contribution in [2.45, 2.75) is 38.7 Å². The van der Waals surface area contributed by atoms with E-state index in [0.717, 1.165) is 31.6 Å². The zero-order valence-electron chi connectivity index (χ0n) is 10.2. The molecule has 0 aromatic carbocycles. The van der Waals surface area contributed by atoms with Gasteiger partial charge in [0.25, 0.3) is 0 Å². The molecule has 94 valence electrons. The number of rotatable bonds is 4. The zero-order chi connectivity index (χ0) is 12.1. The summed E-state index contributed by atoms with van der Waals surface area (Å²) in [5.41, 5.74) is 0.781. The molecule has 1 aromatic heterocycles. The summed E-state index contributed by atoms with van der Waals surface area (Å²) in [5, 5.41) is 0. The van der Waals surface area contributed by atoms with Gasteiger partial charge in [-0.15, -0.1) is 0 Å². The predicted molar refractivity (Wildman–Crippen MR) is 65.5 cm³/mol. The van der Waals surface area contributed by atoms with Crippen LogP contribution in [-0.4, -0.2) is 24.3 Å². The Labute approximate surface area is 101 Å². The second kappa shape index (κ2) is 5.87. The number of aryl methyl sites for hydroxylation is 1. The molecule has 4 nitrogen and oxygen atoms in total. The van der Waals surface area contributed by atoms with E-state index in [-0.39, 0.29) is 5.43 Å². The third-order valence-electron chi connectivity index (χ3n) is 2.99. The molecular formula is C13H19NO3. The van der Waals surface area contributed by atoms with Crippen LogP contribution in [0.5, 0.6) is 5.75 Å². The van der Waals surface area contributed by atoms with Crippen molar-refractivity contribution in [2.24, 2.45) is 0 Å². The molecular weight excluding hydrogens is 218 g/mol. The Morgan fingerprint density at radius 2 is 2.41 bits per heavy atom. The molecule has 17 heavy (non-hydrogen) atoms. The summed E-state index contributed by atoms with van der Waals surface area (Å²) in [6, 6.07) is 1.55. The van der Waals surface area contributed by atoms with Crippen LogP contribution in [0.1, 0.15) is 31.4 Å². The molecule has 1 atom stereocenters. The summed E-state index contributed by atoms with van der Waals surface area (Å²) in [6.07, 6.45) is 6.28. The lowest BCUT2D eigenvalue weighted by Gasteiger charge is -2.22. The summed E-state index contributed by atoms with van der Waals surface area (Å²) in [5.74, 6) is 0.395. The number of hydrogen-bond donors (Lipinski definition) is 1. The second-order valence-electron chi connectivity index (χ2n) is 4.47. The van der Waals surface area contributed by atoms with Gasteiger partial charge in [-0.2, -0.15) is 0 Å². The van der Waals surface area contributed by atoms with E-state index in [0.29, 0.717) is 18.5 Å². The molecule has 1 aliphatic rings. The Balaban J connectivity index is 1.79. The minimum absolute atomic E-state index is 0.0641. The molecule has 0 saturated carbocycles. The standard InChI is InChI=1S/C13H19NO3/c1-10-8-12(15)13(9-14-10)17-7-5-11-4-2-3-6-16-11/h8-9,11H,2-7H2,1H3,(H,14,15). The van der Waals surface area contributed by atoms with Gasteiger partial charge >= 0.3 is 0 Å². The van der Waals surface area contributed by atoms with E-state index in [1.54, 1.807) is 12.3 Å². The molecule has 0 amide bonds. The topological polar surface area (TPSA) is 51.3 Å². The minimum Gasteiger partial charge on any atom is -0.488 e. The number of nitrogens with one attached hydrogen (secondary N) is 1. The summed E-state index contributed by atoms with van der Waals surface area (Å²) >= 11 is 0. The van der Waals surface area contributed by atoms with Gasteiger partial charge in [0.2, 0.25) is 5.43 Å². The number of ether oxygens (including phenoxy) is 2. The van der Waals surface area contributed by atoms with Gasteiger partial charge in [-0.1, -0.05) is 0 Å². The Kier molecular flexibility index (Phi) is 4.20. The van der Waals surface area contributed by atoms with E-state index in [2.05, 4.69) is 4.98 Å². The maximum Gasteiger partial charge on any atom is 0.223 e. The molecule has 0 aliphatic carbocycles. The fourth-order valence-corrected chi connectivity index (χ4v) is 2.01. The van der Waals surface area contributed by atoms with Gasteiger partial charge in [0, 0.05) is 31.0 Å². The molecule has 1 aromatic rings. The molecule has 2 rings (SSSR count). The average Bonchev–Trinajstić information content (AvgIpc) is 2.33. The molecule has 1 unspecified atom stereocenters. The van der Waals surface area contributed by atoms with Crippen molar-refractivity contribution in [3.8, 4) is 5.75 Å².